The van der Waals surface area contributed by atoms with E-state index in [4.69, 9.17) is 0 Å². The SMILES string of the molecule is CNCCNc1cc(C)c([N+](=O)[O-])cc1F. The normalized spacial score (nSPS) is 10.2. The lowest BCUT2D eigenvalue weighted by molar-refractivity contribution is -0.385. The molecule has 0 amide bonds. The zero-order valence-corrected chi connectivity index (χ0v) is 9.21. The molecule has 0 saturated carbocycles. The van der Waals surface area contributed by atoms with Crippen LogP contribution in [0.25, 0.3) is 0 Å². The lowest BCUT2D eigenvalue weighted by Crippen LogP contribution is -2.18. The number of anilines is 1. The summed E-state index contributed by atoms with van der Waals surface area (Å²) in [5.74, 6) is -0.603. The number of aryl methyl sites for hydroxylation is 1. The topological polar surface area (TPSA) is 67.2 Å². The van der Waals surface area contributed by atoms with E-state index in [1.54, 1.807) is 14.0 Å². The van der Waals surface area contributed by atoms with Gasteiger partial charge in [-0.25, -0.2) is 4.39 Å². The maximum absolute atomic E-state index is 13.4. The zero-order chi connectivity index (χ0) is 12.1. The van der Waals surface area contributed by atoms with Crippen molar-refractivity contribution in [1.29, 1.82) is 0 Å². The highest BCUT2D eigenvalue weighted by Gasteiger charge is 2.14. The lowest BCUT2D eigenvalue weighted by Gasteiger charge is -2.08. The van der Waals surface area contributed by atoms with E-state index >= 15 is 0 Å². The highest BCUT2D eigenvalue weighted by atomic mass is 19.1. The van der Waals surface area contributed by atoms with Gasteiger partial charge in [-0.15, -0.1) is 0 Å². The first kappa shape index (κ1) is 12.4. The van der Waals surface area contributed by atoms with Gasteiger partial charge < -0.3 is 10.6 Å². The molecule has 6 heteroatoms. The Kier molecular flexibility index (Phi) is 4.19. The third kappa shape index (κ3) is 2.90. The Balaban J connectivity index is 2.88. The maximum atomic E-state index is 13.4. The largest absolute Gasteiger partial charge is 0.381 e. The third-order valence-corrected chi connectivity index (χ3v) is 2.17. The summed E-state index contributed by atoms with van der Waals surface area (Å²) in [5.41, 5.74) is 0.536. The number of likely N-dealkylation sites (N-methyl/N-ethyl adjacent to an activating group) is 1. The second-order valence-corrected chi connectivity index (χ2v) is 3.41. The zero-order valence-electron chi connectivity index (χ0n) is 9.21. The summed E-state index contributed by atoms with van der Waals surface area (Å²) in [7, 11) is 1.79. The molecule has 0 aliphatic carbocycles. The van der Waals surface area contributed by atoms with E-state index in [-0.39, 0.29) is 5.69 Å². The van der Waals surface area contributed by atoms with Crippen molar-refractivity contribution >= 4 is 11.4 Å². The summed E-state index contributed by atoms with van der Waals surface area (Å²) in [5, 5.41) is 16.3. The Bertz CT molecular complexity index is 396. The fourth-order valence-electron chi connectivity index (χ4n) is 1.33. The number of nitro benzene ring substituents is 1. The van der Waals surface area contributed by atoms with Crippen LogP contribution in [0, 0.1) is 22.9 Å². The molecule has 0 bridgehead atoms. The van der Waals surface area contributed by atoms with Crippen LogP contribution < -0.4 is 10.6 Å². The van der Waals surface area contributed by atoms with Gasteiger partial charge >= 0.3 is 0 Å². The number of halogens is 1. The molecule has 0 heterocycles. The second kappa shape index (κ2) is 5.41. The summed E-state index contributed by atoms with van der Waals surface area (Å²) in [4.78, 5) is 9.97. The Morgan fingerprint density at radius 2 is 2.12 bits per heavy atom. The molecule has 1 aromatic carbocycles. The number of nitro groups is 1. The average Bonchev–Trinajstić information content (AvgIpc) is 2.22. The van der Waals surface area contributed by atoms with Crippen LogP contribution in [0.1, 0.15) is 5.56 Å². The van der Waals surface area contributed by atoms with Gasteiger partial charge in [-0.05, 0) is 20.0 Å². The maximum Gasteiger partial charge on any atom is 0.275 e. The first-order valence-electron chi connectivity index (χ1n) is 4.89. The van der Waals surface area contributed by atoms with Crippen molar-refractivity contribution in [2.45, 2.75) is 6.92 Å². The molecule has 0 aliphatic rings. The summed E-state index contributed by atoms with van der Waals surface area (Å²) < 4.78 is 13.4. The molecule has 0 radical (unpaired) electrons. The van der Waals surface area contributed by atoms with Crippen molar-refractivity contribution in [1.82, 2.24) is 5.32 Å². The number of rotatable bonds is 5. The van der Waals surface area contributed by atoms with Crippen LogP contribution in [0.4, 0.5) is 15.8 Å². The van der Waals surface area contributed by atoms with E-state index in [0.717, 1.165) is 6.07 Å². The molecule has 0 atom stereocenters. The predicted octanol–water partition coefficient (Wildman–Crippen LogP) is 1.67. The van der Waals surface area contributed by atoms with Gasteiger partial charge in [0.05, 0.1) is 16.7 Å². The molecular formula is C10H14FN3O2. The molecule has 0 saturated heterocycles. The van der Waals surface area contributed by atoms with E-state index in [2.05, 4.69) is 10.6 Å². The summed E-state index contributed by atoms with van der Waals surface area (Å²) in [6.45, 7) is 2.83. The van der Waals surface area contributed by atoms with E-state index in [1.807, 2.05) is 0 Å². The standard InChI is InChI=1S/C10H14FN3O2/c1-7-5-9(13-4-3-12-2)8(11)6-10(7)14(15)16/h5-6,12-13H,3-4H2,1-2H3. The van der Waals surface area contributed by atoms with Gasteiger partial charge in [0, 0.05) is 18.7 Å². The molecular weight excluding hydrogens is 213 g/mol. The van der Waals surface area contributed by atoms with Crippen molar-refractivity contribution in [3.8, 4) is 0 Å². The predicted molar refractivity (Wildman–Crippen MR) is 60.2 cm³/mol. The first-order valence-corrected chi connectivity index (χ1v) is 4.89. The fraction of sp³-hybridized carbons (Fsp3) is 0.400. The quantitative estimate of drug-likeness (QED) is 0.456. The third-order valence-electron chi connectivity index (χ3n) is 2.17. The van der Waals surface area contributed by atoms with Gasteiger partial charge in [0.2, 0.25) is 0 Å². The Labute approximate surface area is 92.8 Å². The van der Waals surface area contributed by atoms with Crippen LogP contribution in [0.15, 0.2) is 12.1 Å². The molecule has 0 unspecified atom stereocenters. The van der Waals surface area contributed by atoms with Crippen LogP contribution >= 0.6 is 0 Å². The lowest BCUT2D eigenvalue weighted by atomic mass is 10.1. The van der Waals surface area contributed by atoms with Gasteiger partial charge in [-0.2, -0.15) is 0 Å². The van der Waals surface area contributed by atoms with Crippen LogP contribution in [0.5, 0.6) is 0 Å². The highest BCUT2D eigenvalue weighted by molar-refractivity contribution is 5.54. The smallest absolute Gasteiger partial charge is 0.275 e. The molecule has 16 heavy (non-hydrogen) atoms. The monoisotopic (exact) mass is 227 g/mol. The minimum atomic E-state index is -0.603. The van der Waals surface area contributed by atoms with Crippen molar-refractivity contribution < 1.29 is 9.31 Å². The Morgan fingerprint density at radius 1 is 1.44 bits per heavy atom. The summed E-state index contributed by atoms with van der Waals surface area (Å²) in [6, 6.07) is 2.39. The van der Waals surface area contributed by atoms with Gasteiger partial charge in [0.25, 0.3) is 5.69 Å². The van der Waals surface area contributed by atoms with E-state index in [0.29, 0.717) is 24.3 Å². The van der Waals surface area contributed by atoms with Gasteiger partial charge in [0.15, 0.2) is 5.82 Å². The minimum Gasteiger partial charge on any atom is -0.381 e. The molecule has 1 aromatic rings. The summed E-state index contributed by atoms with van der Waals surface area (Å²) >= 11 is 0. The highest BCUT2D eigenvalue weighted by Crippen LogP contribution is 2.24. The number of benzene rings is 1. The number of nitrogens with zero attached hydrogens (tertiary/aromatic N) is 1. The molecule has 1 rings (SSSR count). The summed E-state index contributed by atoms with van der Waals surface area (Å²) in [6.07, 6.45) is 0. The molecule has 0 aliphatic heterocycles. The van der Waals surface area contributed by atoms with Crippen LogP contribution in [-0.4, -0.2) is 25.1 Å². The molecule has 0 fully saturated rings. The van der Waals surface area contributed by atoms with Crippen LogP contribution in [0.3, 0.4) is 0 Å². The number of nitrogens with one attached hydrogen (secondary N) is 2. The van der Waals surface area contributed by atoms with Crippen molar-refractivity contribution in [2.24, 2.45) is 0 Å². The van der Waals surface area contributed by atoms with Crippen molar-refractivity contribution in [2.75, 3.05) is 25.5 Å². The molecule has 0 aromatic heterocycles. The molecule has 5 nitrogen and oxygen atoms in total. The second-order valence-electron chi connectivity index (χ2n) is 3.41. The van der Waals surface area contributed by atoms with E-state index in [1.165, 1.54) is 6.07 Å². The molecule has 0 spiro atoms. The van der Waals surface area contributed by atoms with E-state index in [9.17, 15) is 14.5 Å². The molecule has 2 N–H and O–H groups in total. The van der Waals surface area contributed by atoms with E-state index < -0.39 is 10.7 Å². The van der Waals surface area contributed by atoms with Crippen molar-refractivity contribution in [3.05, 3.63) is 33.6 Å². The minimum absolute atomic E-state index is 0.198. The Morgan fingerprint density at radius 3 is 2.69 bits per heavy atom. The van der Waals surface area contributed by atoms with Crippen LogP contribution in [-0.2, 0) is 0 Å². The fourth-order valence-corrected chi connectivity index (χ4v) is 1.33. The Hall–Kier alpha value is -1.69. The van der Waals surface area contributed by atoms with Gasteiger partial charge in [-0.3, -0.25) is 10.1 Å². The first-order chi connectivity index (χ1) is 7.56. The number of hydrogen-bond acceptors (Lipinski definition) is 4. The number of hydrogen-bond donors (Lipinski definition) is 2. The average molecular weight is 227 g/mol. The van der Waals surface area contributed by atoms with Gasteiger partial charge in [-0.1, -0.05) is 0 Å². The van der Waals surface area contributed by atoms with Crippen molar-refractivity contribution in [3.63, 3.8) is 0 Å². The van der Waals surface area contributed by atoms with Crippen LogP contribution in [0.2, 0.25) is 0 Å². The van der Waals surface area contributed by atoms with Gasteiger partial charge in [0.1, 0.15) is 0 Å². The molecule has 88 valence electrons.